The first-order valence-electron chi connectivity index (χ1n) is 9.92. The molecule has 9 heteroatoms. The third-order valence-electron chi connectivity index (χ3n) is 6.29. The Morgan fingerprint density at radius 1 is 1.03 bits per heavy atom. The van der Waals surface area contributed by atoms with Crippen LogP contribution in [0.5, 0.6) is 0 Å². The van der Waals surface area contributed by atoms with Crippen LogP contribution in [-0.4, -0.2) is 39.9 Å². The van der Waals surface area contributed by atoms with E-state index in [9.17, 15) is 13.2 Å². The van der Waals surface area contributed by atoms with Gasteiger partial charge in [-0.05, 0) is 49.4 Å². The molecule has 0 atom stereocenters. The van der Waals surface area contributed by atoms with Crippen molar-refractivity contribution in [3.8, 4) is 5.69 Å². The average Bonchev–Trinajstić information content (AvgIpc) is 3.26. The molecule has 0 N–H and O–H groups in total. The molecule has 1 aromatic heterocycles. The van der Waals surface area contributed by atoms with Gasteiger partial charge in [-0.2, -0.15) is 13.2 Å². The van der Waals surface area contributed by atoms with E-state index in [2.05, 4.69) is 10.2 Å². The summed E-state index contributed by atoms with van der Waals surface area (Å²) in [5.74, 6) is -0.649. The predicted molar refractivity (Wildman–Crippen MR) is 99.2 cm³/mol. The summed E-state index contributed by atoms with van der Waals surface area (Å²) in [5.41, 5.74) is 1.86. The van der Waals surface area contributed by atoms with Crippen LogP contribution in [0.3, 0.4) is 0 Å². The molecule has 0 radical (unpaired) electrons. The number of ether oxygens (including phenoxy) is 2. The molecule has 2 fully saturated rings. The maximum Gasteiger partial charge on any atom is 0.391 e. The fraction of sp³-hybridized carbons (Fsp3) is 0.600. The molecule has 2 aromatic rings. The molecule has 2 aliphatic heterocycles. The zero-order chi connectivity index (χ0) is 20.2. The Kier molecular flexibility index (Phi) is 4.64. The standard InChI is InChI=1S/C20H21ClF3N3O2/c21-15-5-6-16-13(9-15)10-19(28-7-8-29-19)11-17-25-26-18(27(16)17)12-1-3-14(4-2-12)20(22,23)24/h5-6,9,12,14H,1-4,7-8,10-11H2. The second kappa shape index (κ2) is 6.96. The summed E-state index contributed by atoms with van der Waals surface area (Å²) < 4.78 is 53.1. The van der Waals surface area contributed by atoms with Gasteiger partial charge in [0.2, 0.25) is 0 Å². The maximum atomic E-state index is 13.1. The zero-order valence-electron chi connectivity index (χ0n) is 15.7. The number of hydrogen-bond acceptors (Lipinski definition) is 4. The fourth-order valence-electron chi connectivity index (χ4n) is 4.86. The van der Waals surface area contributed by atoms with Gasteiger partial charge in [-0.1, -0.05) is 11.6 Å². The van der Waals surface area contributed by atoms with E-state index in [-0.39, 0.29) is 18.8 Å². The third-order valence-corrected chi connectivity index (χ3v) is 6.53. The normalized spacial score (nSPS) is 26.2. The lowest BCUT2D eigenvalue weighted by atomic mass is 9.81. The largest absolute Gasteiger partial charge is 0.391 e. The first-order valence-corrected chi connectivity index (χ1v) is 10.3. The Labute approximate surface area is 171 Å². The first-order chi connectivity index (χ1) is 13.8. The van der Waals surface area contributed by atoms with E-state index in [1.165, 1.54) is 0 Å². The number of rotatable bonds is 1. The van der Waals surface area contributed by atoms with E-state index < -0.39 is 17.9 Å². The number of hydrogen-bond donors (Lipinski definition) is 0. The van der Waals surface area contributed by atoms with Crippen LogP contribution in [0.1, 0.15) is 48.8 Å². The predicted octanol–water partition coefficient (Wildman–Crippen LogP) is 4.60. The summed E-state index contributed by atoms with van der Waals surface area (Å²) in [6, 6.07) is 5.62. The van der Waals surface area contributed by atoms with Crippen LogP contribution in [-0.2, 0) is 22.3 Å². The number of benzene rings is 1. The number of alkyl halides is 3. The minimum Gasteiger partial charge on any atom is -0.347 e. The van der Waals surface area contributed by atoms with Crippen LogP contribution in [0.15, 0.2) is 18.2 Å². The Balaban J connectivity index is 1.53. The van der Waals surface area contributed by atoms with Gasteiger partial charge < -0.3 is 9.47 Å². The molecular weight excluding hydrogens is 407 g/mol. The Bertz CT molecular complexity index is 916. The molecule has 5 nitrogen and oxygen atoms in total. The second-order valence-electron chi connectivity index (χ2n) is 8.13. The third kappa shape index (κ3) is 3.45. The molecule has 1 spiro atoms. The van der Waals surface area contributed by atoms with Gasteiger partial charge in [-0.15, -0.1) is 10.2 Å². The molecule has 0 amide bonds. The zero-order valence-corrected chi connectivity index (χ0v) is 16.5. The maximum absolute atomic E-state index is 13.1. The quantitative estimate of drug-likeness (QED) is 0.667. The topological polar surface area (TPSA) is 49.2 Å². The van der Waals surface area contributed by atoms with Gasteiger partial charge in [0.1, 0.15) is 11.6 Å². The van der Waals surface area contributed by atoms with Gasteiger partial charge in [-0.3, -0.25) is 4.57 Å². The Hall–Kier alpha value is -1.64. The molecule has 1 saturated carbocycles. The van der Waals surface area contributed by atoms with Crippen molar-refractivity contribution >= 4 is 11.6 Å². The van der Waals surface area contributed by atoms with Crippen molar-refractivity contribution in [1.82, 2.24) is 14.8 Å². The van der Waals surface area contributed by atoms with Crippen LogP contribution < -0.4 is 0 Å². The highest BCUT2D eigenvalue weighted by atomic mass is 35.5. The first kappa shape index (κ1) is 19.3. The van der Waals surface area contributed by atoms with Crippen molar-refractivity contribution in [1.29, 1.82) is 0 Å². The average molecular weight is 428 g/mol. The van der Waals surface area contributed by atoms with E-state index in [4.69, 9.17) is 21.1 Å². The Morgan fingerprint density at radius 2 is 1.76 bits per heavy atom. The van der Waals surface area contributed by atoms with E-state index >= 15 is 0 Å². The monoisotopic (exact) mass is 427 g/mol. The molecule has 1 saturated heterocycles. The highest BCUT2D eigenvalue weighted by molar-refractivity contribution is 6.30. The fourth-order valence-corrected chi connectivity index (χ4v) is 5.05. The SMILES string of the molecule is FC(F)(F)C1CCC(c2nnc3n2-c2ccc(Cl)cc2CC2(C3)OCCO2)CC1. The van der Waals surface area contributed by atoms with E-state index in [1.807, 2.05) is 22.8 Å². The lowest BCUT2D eigenvalue weighted by molar-refractivity contribution is -0.182. The molecule has 5 rings (SSSR count). The van der Waals surface area contributed by atoms with Crippen molar-refractivity contribution in [3.63, 3.8) is 0 Å². The molecule has 3 heterocycles. The molecule has 1 aromatic carbocycles. The van der Waals surface area contributed by atoms with Crippen molar-refractivity contribution in [2.45, 2.75) is 56.4 Å². The summed E-state index contributed by atoms with van der Waals surface area (Å²) in [6.45, 7) is 1.02. The molecule has 3 aliphatic rings. The molecule has 29 heavy (non-hydrogen) atoms. The highest BCUT2D eigenvalue weighted by Crippen LogP contribution is 2.44. The van der Waals surface area contributed by atoms with Crippen LogP contribution in [0.25, 0.3) is 5.69 Å². The summed E-state index contributed by atoms with van der Waals surface area (Å²) in [7, 11) is 0. The summed E-state index contributed by atoms with van der Waals surface area (Å²) in [4.78, 5) is 0. The van der Waals surface area contributed by atoms with Gasteiger partial charge >= 0.3 is 6.18 Å². The molecule has 0 unspecified atom stereocenters. The minimum atomic E-state index is -4.13. The van der Waals surface area contributed by atoms with Crippen LogP contribution in [0.4, 0.5) is 13.2 Å². The number of nitrogens with zero attached hydrogens (tertiary/aromatic N) is 3. The number of halogens is 4. The van der Waals surface area contributed by atoms with Crippen LogP contribution >= 0.6 is 11.6 Å². The lowest BCUT2D eigenvalue weighted by Gasteiger charge is -2.29. The van der Waals surface area contributed by atoms with Gasteiger partial charge in [0.15, 0.2) is 5.79 Å². The minimum absolute atomic E-state index is 0.0576. The van der Waals surface area contributed by atoms with Gasteiger partial charge in [0, 0.05) is 17.4 Å². The van der Waals surface area contributed by atoms with Crippen molar-refractivity contribution < 1.29 is 22.6 Å². The molecular formula is C20H21ClF3N3O2. The smallest absolute Gasteiger partial charge is 0.347 e. The summed E-state index contributed by atoms with van der Waals surface area (Å²) >= 11 is 6.24. The molecule has 156 valence electrons. The number of fused-ring (bicyclic) bond motifs is 3. The second-order valence-corrected chi connectivity index (χ2v) is 8.57. The van der Waals surface area contributed by atoms with Gasteiger partial charge in [-0.25, -0.2) is 0 Å². The van der Waals surface area contributed by atoms with Crippen LogP contribution in [0.2, 0.25) is 5.02 Å². The molecule has 1 aliphatic carbocycles. The highest BCUT2D eigenvalue weighted by Gasteiger charge is 2.45. The number of aromatic nitrogens is 3. The van der Waals surface area contributed by atoms with Gasteiger partial charge in [0.25, 0.3) is 0 Å². The van der Waals surface area contributed by atoms with Crippen molar-refractivity contribution in [3.05, 3.63) is 40.4 Å². The van der Waals surface area contributed by atoms with E-state index in [0.717, 1.165) is 17.1 Å². The Morgan fingerprint density at radius 3 is 2.45 bits per heavy atom. The van der Waals surface area contributed by atoms with Crippen molar-refractivity contribution in [2.75, 3.05) is 13.2 Å². The van der Waals surface area contributed by atoms with Crippen LogP contribution in [0, 0.1) is 5.92 Å². The summed E-state index contributed by atoms with van der Waals surface area (Å²) in [5, 5.41) is 9.42. The van der Waals surface area contributed by atoms with Crippen molar-refractivity contribution in [2.24, 2.45) is 5.92 Å². The van der Waals surface area contributed by atoms with Gasteiger partial charge in [0.05, 0.1) is 31.2 Å². The lowest BCUT2D eigenvalue weighted by Crippen LogP contribution is -2.35. The molecule has 0 bridgehead atoms. The van der Waals surface area contributed by atoms with E-state index in [0.29, 0.717) is 49.7 Å². The van der Waals surface area contributed by atoms with E-state index in [1.54, 1.807) is 0 Å². The summed E-state index contributed by atoms with van der Waals surface area (Å²) in [6.07, 6.45) is -2.01.